The van der Waals surface area contributed by atoms with E-state index in [-0.39, 0.29) is 10.8 Å². The number of nitrogens with one attached hydrogen (secondary N) is 1. The summed E-state index contributed by atoms with van der Waals surface area (Å²) < 4.78 is 38.1. The number of halogens is 1. The number of hydrogen-bond donors (Lipinski definition) is 1. The van der Waals surface area contributed by atoms with Crippen LogP contribution in [0.5, 0.6) is 11.5 Å². The average molecular weight is 453 g/mol. The molecular weight excluding hydrogens is 428 g/mol. The molecule has 2 atom stereocenters. The number of nitrogens with zero attached hydrogens (tertiary/aromatic N) is 1. The van der Waals surface area contributed by atoms with Gasteiger partial charge in [0, 0.05) is 17.1 Å². The van der Waals surface area contributed by atoms with Crippen LogP contribution in [0.1, 0.15) is 31.4 Å². The standard InChI is InChI=1S/C21H25ClN2O5S/c1-14(18-13-16(28-2)8-11-20(18)29-3)23-21(25)19-5-4-12-24(19)30(26,27)17-9-6-15(22)7-10-17/h6-11,13-14,19H,4-5,12H2,1-3H3,(H,23,25). The first-order valence-electron chi connectivity index (χ1n) is 9.57. The molecule has 7 nitrogen and oxygen atoms in total. The summed E-state index contributed by atoms with van der Waals surface area (Å²) >= 11 is 5.87. The summed E-state index contributed by atoms with van der Waals surface area (Å²) in [7, 11) is -0.689. The third kappa shape index (κ3) is 4.55. The third-order valence-corrected chi connectivity index (χ3v) is 7.36. The third-order valence-electron chi connectivity index (χ3n) is 5.19. The molecule has 1 saturated heterocycles. The van der Waals surface area contributed by atoms with Crippen molar-refractivity contribution >= 4 is 27.5 Å². The Bertz CT molecular complexity index is 1010. The normalized spacial score (nSPS) is 18.1. The number of rotatable bonds is 7. The van der Waals surface area contributed by atoms with E-state index in [4.69, 9.17) is 21.1 Å². The molecule has 3 rings (SSSR count). The van der Waals surface area contributed by atoms with E-state index in [2.05, 4.69) is 5.32 Å². The highest BCUT2D eigenvalue weighted by Gasteiger charge is 2.39. The monoisotopic (exact) mass is 452 g/mol. The molecule has 2 aromatic carbocycles. The van der Waals surface area contributed by atoms with Crippen molar-refractivity contribution in [2.24, 2.45) is 0 Å². The fraction of sp³-hybridized carbons (Fsp3) is 0.381. The summed E-state index contributed by atoms with van der Waals surface area (Å²) in [6, 6.07) is 10.1. The quantitative estimate of drug-likeness (QED) is 0.696. The zero-order chi connectivity index (χ0) is 21.9. The first-order valence-corrected chi connectivity index (χ1v) is 11.4. The Hall–Kier alpha value is -2.29. The first kappa shape index (κ1) is 22.4. The predicted molar refractivity (Wildman–Crippen MR) is 114 cm³/mol. The van der Waals surface area contributed by atoms with Crippen LogP contribution in [0.4, 0.5) is 0 Å². The van der Waals surface area contributed by atoms with Gasteiger partial charge in [-0.05, 0) is 62.2 Å². The first-order chi connectivity index (χ1) is 14.3. The summed E-state index contributed by atoms with van der Waals surface area (Å²) in [5, 5.41) is 3.37. The van der Waals surface area contributed by atoms with Crippen molar-refractivity contribution in [1.29, 1.82) is 0 Å². The number of methoxy groups -OCH3 is 2. The van der Waals surface area contributed by atoms with E-state index in [1.54, 1.807) is 32.4 Å². The van der Waals surface area contributed by atoms with Crippen LogP contribution >= 0.6 is 11.6 Å². The fourth-order valence-electron chi connectivity index (χ4n) is 3.60. The van der Waals surface area contributed by atoms with Crippen LogP contribution in [0.3, 0.4) is 0 Å². The van der Waals surface area contributed by atoms with E-state index in [9.17, 15) is 13.2 Å². The highest BCUT2D eigenvalue weighted by molar-refractivity contribution is 7.89. The number of ether oxygens (including phenoxy) is 2. The molecule has 0 aliphatic carbocycles. The summed E-state index contributed by atoms with van der Waals surface area (Å²) in [6.45, 7) is 2.11. The summed E-state index contributed by atoms with van der Waals surface area (Å²) in [6.07, 6.45) is 1.07. The molecule has 0 spiro atoms. The SMILES string of the molecule is COc1ccc(OC)c(C(C)NC(=O)C2CCCN2S(=O)(=O)c2ccc(Cl)cc2)c1. The van der Waals surface area contributed by atoms with E-state index in [0.717, 1.165) is 5.56 Å². The van der Waals surface area contributed by atoms with Crippen LogP contribution in [-0.2, 0) is 14.8 Å². The molecule has 30 heavy (non-hydrogen) atoms. The predicted octanol–water partition coefficient (Wildman–Crippen LogP) is 3.39. The van der Waals surface area contributed by atoms with Crippen LogP contribution < -0.4 is 14.8 Å². The lowest BCUT2D eigenvalue weighted by Crippen LogP contribution is -2.46. The van der Waals surface area contributed by atoms with E-state index < -0.39 is 22.1 Å². The van der Waals surface area contributed by atoms with Gasteiger partial charge in [0.15, 0.2) is 0 Å². The van der Waals surface area contributed by atoms with Crippen molar-refractivity contribution in [3.8, 4) is 11.5 Å². The molecule has 2 unspecified atom stereocenters. The molecule has 1 heterocycles. The lowest BCUT2D eigenvalue weighted by atomic mass is 10.1. The largest absolute Gasteiger partial charge is 0.497 e. The van der Waals surface area contributed by atoms with Crippen LogP contribution in [-0.4, -0.2) is 45.4 Å². The Morgan fingerprint density at radius 2 is 1.87 bits per heavy atom. The zero-order valence-corrected chi connectivity index (χ0v) is 18.7. The summed E-state index contributed by atoms with van der Waals surface area (Å²) in [4.78, 5) is 13.1. The number of carbonyl (C=O) groups is 1. The lowest BCUT2D eigenvalue weighted by molar-refractivity contribution is -0.124. The topological polar surface area (TPSA) is 84.9 Å². The Labute approximate surface area is 182 Å². The van der Waals surface area contributed by atoms with Gasteiger partial charge in [-0.2, -0.15) is 4.31 Å². The minimum atomic E-state index is -3.80. The van der Waals surface area contributed by atoms with Gasteiger partial charge in [-0.3, -0.25) is 4.79 Å². The van der Waals surface area contributed by atoms with Crippen LogP contribution in [0.15, 0.2) is 47.4 Å². The van der Waals surface area contributed by atoms with Crippen LogP contribution in [0.2, 0.25) is 5.02 Å². The second-order valence-electron chi connectivity index (χ2n) is 7.07. The Kier molecular flexibility index (Phi) is 6.90. The smallest absolute Gasteiger partial charge is 0.243 e. The molecule has 0 bridgehead atoms. The summed E-state index contributed by atoms with van der Waals surface area (Å²) in [5.41, 5.74) is 0.746. The molecular formula is C21H25ClN2O5S. The lowest BCUT2D eigenvalue weighted by Gasteiger charge is -2.25. The van der Waals surface area contributed by atoms with Gasteiger partial charge in [-0.1, -0.05) is 11.6 Å². The van der Waals surface area contributed by atoms with Crippen molar-refractivity contribution in [1.82, 2.24) is 9.62 Å². The van der Waals surface area contributed by atoms with Gasteiger partial charge in [-0.15, -0.1) is 0 Å². The molecule has 1 aliphatic rings. The van der Waals surface area contributed by atoms with Gasteiger partial charge in [0.1, 0.15) is 17.5 Å². The van der Waals surface area contributed by atoms with Crippen molar-refractivity contribution in [2.45, 2.75) is 36.7 Å². The van der Waals surface area contributed by atoms with Gasteiger partial charge >= 0.3 is 0 Å². The summed E-state index contributed by atoms with van der Waals surface area (Å²) in [5.74, 6) is 0.905. The number of carbonyl (C=O) groups excluding carboxylic acids is 1. The van der Waals surface area contributed by atoms with E-state index in [1.165, 1.54) is 28.6 Å². The number of hydrogen-bond acceptors (Lipinski definition) is 5. The number of sulfonamides is 1. The molecule has 0 radical (unpaired) electrons. The number of amides is 1. The fourth-order valence-corrected chi connectivity index (χ4v) is 5.38. The molecule has 0 aromatic heterocycles. The highest BCUT2D eigenvalue weighted by atomic mass is 35.5. The van der Waals surface area contributed by atoms with Crippen LogP contribution in [0.25, 0.3) is 0 Å². The molecule has 9 heteroatoms. The maximum atomic E-state index is 13.1. The molecule has 2 aromatic rings. The maximum absolute atomic E-state index is 13.1. The number of benzene rings is 2. The van der Waals surface area contributed by atoms with Gasteiger partial charge in [0.05, 0.1) is 25.2 Å². The molecule has 1 amide bonds. The second-order valence-corrected chi connectivity index (χ2v) is 9.39. The minimum Gasteiger partial charge on any atom is -0.497 e. The molecule has 1 N–H and O–H groups in total. The minimum absolute atomic E-state index is 0.120. The average Bonchev–Trinajstić information content (AvgIpc) is 3.24. The molecule has 0 saturated carbocycles. The zero-order valence-electron chi connectivity index (χ0n) is 17.1. The molecule has 162 valence electrons. The van der Waals surface area contributed by atoms with Crippen molar-refractivity contribution in [3.05, 3.63) is 53.1 Å². The maximum Gasteiger partial charge on any atom is 0.243 e. The van der Waals surface area contributed by atoms with E-state index >= 15 is 0 Å². The van der Waals surface area contributed by atoms with Crippen LogP contribution in [0, 0.1) is 0 Å². The Morgan fingerprint density at radius 3 is 2.50 bits per heavy atom. The Balaban J connectivity index is 1.80. The van der Waals surface area contributed by atoms with Gasteiger partial charge in [0.2, 0.25) is 15.9 Å². The van der Waals surface area contributed by atoms with Crippen molar-refractivity contribution < 1.29 is 22.7 Å². The molecule has 1 fully saturated rings. The van der Waals surface area contributed by atoms with Gasteiger partial charge < -0.3 is 14.8 Å². The van der Waals surface area contributed by atoms with Gasteiger partial charge in [-0.25, -0.2) is 8.42 Å². The van der Waals surface area contributed by atoms with Crippen molar-refractivity contribution in [2.75, 3.05) is 20.8 Å². The molecule has 1 aliphatic heterocycles. The van der Waals surface area contributed by atoms with E-state index in [0.29, 0.717) is 35.9 Å². The Morgan fingerprint density at radius 1 is 1.17 bits per heavy atom. The highest BCUT2D eigenvalue weighted by Crippen LogP contribution is 2.31. The second kappa shape index (κ2) is 9.24. The van der Waals surface area contributed by atoms with Crippen molar-refractivity contribution in [3.63, 3.8) is 0 Å². The van der Waals surface area contributed by atoms with Gasteiger partial charge in [0.25, 0.3) is 0 Å². The van der Waals surface area contributed by atoms with E-state index in [1.807, 2.05) is 6.92 Å².